The van der Waals surface area contributed by atoms with Crippen LogP contribution in [0.2, 0.25) is 0 Å². The fourth-order valence-corrected chi connectivity index (χ4v) is 3.62. The number of anilines is 2. The van der Waals surface area contributed by atoms with Crippen molar-refractivity contribution in [2.75, 3.05) is 23.9 Å². The van der Waals surface area contributed by atoms with Crippen LogP contribution in [0.5, 0.6) is 11.5 Å². The highest BCUT2D eigenvalue weighted by Crippen LogP contribution is 2.35. The molecule has 168 valence electrons. The van der Waals surface area contributed by atoms with Gasteiger partial charge in [-0.2, -0.15) is 0 Å². The van der Waals surface area contributed by atoms with E-state index in [2.05, 4.69) is 5.32 Å². The van der Waals surface area contributed by atoms with Crippen LogP contribution in [0.4, 0.5) is 11.4 Å². The summed E-state index contributed by atoms with van der Waals surface area (Å²) < 4.78 is 11.0. The molecule has 0 saturated heterocycles. The second kappa shape index (κ2) is 9.61. The first-order valence-corrected chi connectivity index (χ1v) is 10.9. The fraction of sp³-hybridized carbons (Fsp3) is 0.185. The molecule has 3 aromatic rings. The van der Waals surface area contributed by atoms with Crippen LogP contribution in [-0.4, -0.2) is 25.5 Å². The van der Waals surface area contributed by atoms with Gasteiger partial charge in [-0.1, -0.05) is 42.8 Å². The largest absolute Gasteiger partial charge is 0.497 e. The van der Waals surface area contributed by atoms with Crippen LogP contribution in [0.25, 0.3) is 5.57 Å². The number of carbonyl (C=O) groups is 2. The first kappa shape index (κ1) is 22.1. The molecular weight excluding hydrogens is 416 g/mol. The number of aryl methyl sites for hydroxylation is 1. The zero-order chi connectivity index (χ0) is 23.4. The van der Waals surface area contributed by atoms with Crippen LogP contribution in [0.1, 0.15) is 24.5 Å². The highest BCUT2D eigenvalue weighted by Gasteiger charge is 2.40. The van der Waals surface area contributed by atoms with Gasteiger partial charge in [-0.3, -0.25) is 9.59 Å². The number of imide groups is 1. The third-order valence-corrected chi connectivity index (χ3v) is 5.33. The summed E-state index contributed by atoms with van der Waals surface area (Å²) in [6.07, 6.45) is 0.903. The van der Waals surface area contributed by atoms with Crippen molar-refractivity contribution in [2.24, 2.45) is 0 Å². The van der Waals surface area contributed by atoms with Crippen molar-refractivity contribution in [1.29, 1.82) is 0 Å². The second-order valence-corrected chi connectivity index (χ2v) is 7.76. The van der Waals surface area contributed by atoms with Crippen LogP contribution in [0.15, 0.2) is 78.5 Å². The number of nitrogens with one attached hydrogen (secondary N) is 1. The highest BCUT2D eigenvalue weighted by molar-refractivity contribution is 6.46. The summed E-state index contributed by atoms with van der Waals surface area (Å²) >= 11 is 0. The van der Waals surface area contributed by atoms with E-state index in [1.54, 1.807) is 37.4 Å². The number of hydrogen-bond acceptors (Lipinski definition) is 5. The lowest BCUT2D eigenvalue weighted by atomic mass is 10.0. The first-order valence-electron chi connectivity index (χ1n) is 10.9. The average molecular weight is 443 g/mol. The highest BCUT2D eigenvalue weighted by atomic mass is 16.5. The number of methoxy groups -OCH3 is 1. The van der Waals surface area contributed by atoms with Crippen LogP contribution >= 0.6 is 0 Å². The summed E-state index contributed by atoms with van der Waals surface area (Å²) in [4.78, 5) is 28.2. The lowest BCUT2D eigenvalue weighted by Gasteiger charge is -2.15. The molecule has 0 fully saturated rings. The number of rotatable bonds is 8. The Morgan fingerprint density at radius 1 is 0.879 bits per heavy atom. The van der Waals surface area contributed by atoms with Crippen molar-refractivity contribution in [1.82, 2.24) is 0 Å². The van der Waals surface area contributed by atoms with E-state index >= 15 is 0 Å². The average Bonchev–Trinajstić information content (AvgIpc) is 3.08. The summed E-state index contributed by atoms with van der Waals surface area (Å²) in [6, 6.07) is 21.8. The predicted octanol–water partition coefficient (Wildman–Crippen LogP) is 5.19. The van der Waals surface area contributed by atoms with Gasteiger partial charge in [-0.05, 0) is 55.3 Å². The van der Waals surface area contributed by atoms with E-state index in [1.807, 2.05) is 56.3 Å². The lowest BCUT2D eigenvalue weighted by Crippen LogP contribution is -2.32. The SMILES string of the molecule is CCCOc1ccc(C2=C(Nc3cccc(OC)c3)C(=O)N(c3ccc(C)cc3)C2=O)cc1. The van der Waals surface area contributed by atoms with Gasteiger partial charge >= 0.3 is 0 Å². The van der Waals surface area contributed by atoms with E-state index in [0.717, 1.165) is 17.7 Å². The second-order valence-electron chi connectivity index (χ2n) is 7.76. The molecule has 2 amide bonds. The molecule has 0 atom stereocenters. The van der Waals surface area contributed by atoms with Gasteiger partial charge < -0.3 is 14.8 Å². The Balaban J connectivity index is 1.76. The maximum atomic E-state index is 13.5. The maximum absolute atomic E-state index is 13.5. The Morgan fingerprint density at radius 3 is 2.27 bits per heavy atom. The third kappa shape index (κ3) is 4.60. The topological polar surface area (TPSA) is 67.9 Å². The summed E-state index contributed by atoms with van der Waals surface area (Å²) in [6.45, 7) is 4.61. The molecule has 0 radical (unpaired) electrons. The van der Waals surface area contributed by atoms with E-state index in [1.165, 1.54) is 4.90 Å². The lowest BCUT2D eigenvalue weighted by molar-refractivity contribution is -0.120. The van der Waals surface area contributed by atoms with E-state index in [-0.39, 0.29) is 11.6 Å². The van der Waals surface area contributed by atoms with Crippen molar-refractivity contribution in [3.63, 3.8) is 0 Å². The zero-order valence-corrected chi connectivity index (χ0v) is 18.9. The van der Waals surface area contributed by atoms with E-state index in [9.17, 15) is 9.59 Å². The summed E-state index contributed by atoms with van der Waals surface area (Å²) in [5.74, 6) is 0.576. The van der Waals surface area contributed by atoms with Crippen LogP contribution in [0, 0.1) is 6.92 Å². The predicted molar refractivity (Wildman–Crippen MR) is 129 cm³/mol. The Hall–Kier alpha value is -4.06. The molecule has 0 aromatic heterocycles. The Morgan fingerprint density at radius 2 is 1.61 bits per heavy atom. The molecule has 3 aromatic carbocycles. The van der Waals surface area contributed by atoms with Crippen LogP contribution in [0.3, 0.4) is 0 Å². The molecule has 6 nitrogen and oxygen atoms in total. The number of nitrogens with zero attached hydrogens (tertiary/aromatic N) is 1. The quantitative estimate of drug-likeness (QED) is 0.487. The van der Waals surface area contributed by atoms with Crippen molar-refractivity contribution < 1.29 is 19.1 Å². The van der Waals surface area contributed by atoms with Gasteiger partial charge in [0.15, 0.2) is 0 Å². The summed E-state index contributed by atoms with van der Waals surface area (Å²) in [7, 11) is 1.58. The maximum Gasteiger partial charge on any atom is 0.282 e. The fourth-order valence-electron chi connectivity index (χ4n) is 3.62. The van der Waals surface area contributed by atoms with Crippen molar-refractivity contribution in [3.8, 4) is 11.5 Å². The molecular formula is C27H26N2O4. The van der Waals surface area contributed by atoms with Crippen LogP contribution < -0.4 is 19.7 Å². The van der Waals surface area contributed by atoms with Crippen molar-refractivity contribution in [2.45, 2.75) is 20.3 Å². The van der Waals surface area contributed by atoms with Gasteiger partial charge in [0, 0.05) is 11.8 Å². The molecule has 33 heavy (non-hydrogen) atoms. The smallest absolute Gasteiger partial charge is 0.282 e. The number of hydrogen-bond donors (Lipinski definition) is 1. The molecule has 0 aliphatic carbocycles. The Kier molecular flexibility index (Phi) is 6.45. The van der Waals surface area contributed by atoms with Crippen molar-refractivity contribution >= 4 is 28.8 Å². The van der Waals surface area contributed by atoms with Crippen molar-refractivity contribution in [3.05, 3.63) is 89.6 Å². The Labute approximate surface area is 193 Å². The van der Waals surface area contributed by atoms with Gasteiger partial charge in [0.05, 0.1) is 25.0 Å². The summed E-state index contributed by atoms with van der Waals surface area (Å²) in [5, 5.41) is 3.16. The Bertz CT molecular complexity index is 1200. The van der Waals surface area contributed by atoms with Gasteiger partial charge in [0.1, 0.15) is 17.2 Å². The van der Waals surface area contributed by atoms with Gasteiger partial charge in [-0.25, -0.2) is 4.90 Å². The summed E-state index contributed by atoms with van der Waals surface area (Å²) in [5.41, 5.74) is 3.39. The molecule has 6 heteroatoms. The number of ether oxygens (including phenoxy) is 2. The molecule has 1 heterocycles. The standard InChI is InChI=1S/C27H26N2O4/c1-4-16-33-22-14-10-19(11-15-22)24-25(28-20-6-5-7-23(17-20)32-3)27(31)29(26(24)30)21-12-8-18(2)9-13-21/h5-15,17,28H,4,16H2,1-3H3. The normalized spacial score (nSPS) is 13.5. The molecule has 1 N–H and O–H groups in total. The minimum absolute atomic E-state index is 0.219. The minimum Gasteiger partial charge on any atom is -0.497 e. The number of benzene rings is 3. The molecule has 0 saturated carbocycles. The molecule has 0 bridgehead atoms. The molecule has 1 aliphatic heterocycles. The van der Waals surface area contributed by atoms with Gasteiger partial charge in [0.25, 0.3) is 11.8 Å². The molecule has 1 aliphatic rings. The van der Waals surface area contributed by atoms with Gasteiger partial charge in [-0.15, -0.1) is 0 Å². The minimum atomic E-state index is -0.409. The zero-order valence-electron chi connectivity index (χ0n) is 18.9. The van der Waals surface area contributed by atoms with E-state index in [0.29, 0.717) is 34.9 Å². The molecule has 0 unspecified atom stereocenters. The van der Waals surface area contributed by atoms with E-state index < -0.39 is 5.91 Å². The first-order chi connectivity index (χ1) is 16.0. The third-order valence-electron chi connectivity index (χ3n) is 5.33. The molecule has 0 spiro atoms. The van der Waals surface area contributed by atoms with E-state index in [4.69, 9.17) is 9.47 Å². The monoisotopic (exact) mass is 442 g/mol. The number of carbonyl (C=O) groups excluding carboxylic acids is 2. The number of amides is 2. The van der Waals surface area contributed by atoms with Crippen LogP contribution in [-0.2, 0) is 9.59 Å². The molecule has 4 rings (SSSR count). The van der Waals surface area contributed by atoms with Gasteiger partial charge in [0.2, 0.25) is 0 Å².